The van der Waals surface area contributed by atoms with E-state index in [1.54, 1.807) is 20.8 Å². The lowest BCUT2D eigenvalue weighted by Crippen LogP contribution is -2.53. The van der Waals surface area contributed by atoms with Crippen LogP contribution in [0.1, 0.15) is 52.9 Å². The average Bonchev–Trinajstić information content (AvgIpc) is 3.06. The van der Waals surface area contributed by atoms with Crippen molar-refractivity contribution in [3.05, 3.63) is 0 Å². The molecular formula is C18H31N3O6. The highest BCUT2D eigenvalue weighted by atomic mass is 16.5. The second-order valence-electron chi connectivity index (χ2n) is 7.66. The van der Waals surface area contributed by atoms with Gasteiger partial charge in [-0.25, -0.2) is 0 Å². The zero-order valence-corrected chi connectivity index (χ0v) is 16.5. The van der Waals surface area contributed by atoms with E-state index in [0.29, 0.717) is 13.0 Å². The third-order valence-electron chi connectivity index (χ3n) is 4.61. The molecule has 0 aromatic rings. The summed E-state index contributed by atoms with van der Waals surface area (Å²) in [5.41, 5.74) is 4.89. The first-order valence-corrected chi connectivity index (χ1v) is 9.14. The van der Waals surface area contributed by atoms with Crippen molar-refractivity contribution in [3.63, 3.8) is 0 Å². The molecule has 0 aliphatic carbocycles. The molecule has 4 N–H and O–H groups in total. The Kier molecular flexibility index (Phi) is 8.36. The minimum atomic E-state index is -1.02. The molecule has 3 atom stereocenters. The highest BCUT2D eigenvalue weighted by Crippen LogP contribution is 2.23. The van der Waals surface area contributed by atoms with Gasteiger partial charge < -0.3 is 20.5 Å². The second-order valence-corrected chi connectivity index (χ2v) is 7.66. The summed E-state index contributed by atoms with van der Waals surface area (Å²) >= 11 is 0. The maximum absolute atomic E-state index is 12.8. The third kappa shape index (κ3) is 6.91. The van der Waals surface area contributed by atoms with E-state index < -0.39 is 35.6 Å². The van der Waals surface area contributed by atoms with E-state index in [9.17, 15) is 19.2 Å². The Bertz CT molecular complexity index is 575. The SMILES string of the molecule is COC(=O)[C@H](CCC(=O)O)NC(C)(C)CC(=O)[C@@H]1CCCN1C(=O)[C@H](C)N. The van der Waals surface area contributed by atoms with Crippen LogP contribution in [0.15, 0.2) is 0 Å². The molecule has 1 amide bonds. The monoisotopic (exact) mass is 385 g/mol. The Morgan fingerprint density at radius 1 is 1.33 bits per heavy atom. The number of Topliss-reactive ketones (excluding diaryl/α,β-unsaturated/α-hetero) is 1. The molecule has 0 unspecified atom stereocenters. The maximum atomic E-state index is 12.8. The molecule has 9 heteroatoms. The Hall–Kier alpha value is -2.00. The van der Waals surface area contributed by atoms with Crippen LogP contribution in [0.25, 0.3) is 0 Å². The summed E-state index contributed by atoms with van der Waals surface area (Å²) in [5, 5.41) is 11.9. The Labute approximate surface area is 159 Å². The number of rotatable bonds is 10. The van der Waals surface area contributed by atoms with Crippen LogP contribution in [0.3, 0.4) is 0 Å². The largest absolute Gasteiger partial charge is 0.481 e. The van der Waals surface area contributed by atoms with Crippen molar-refractivity contribution in [2.45, 2.75) is 76.5 Å². The number of carbonyl (C=O) groups excluding carboxylic acids is 3. The first-order valence-electron chi connectivity index (χ1n) is 9.14. The number of hydrogen-bond acceptors (Lipinski definition) is 7. The molecule has 1 heterocycles. The van der Waals surface area contributed by atoms with Gasteiger partial charge in [-0.05, 0) is 40.0 Å². The molecule has 154 valence electrons. The van der Waals surface area contributed by atoms with E-state index in [1.807, 2.05) is 0 Å². The molecule has 1 rings (SSSR count). The molecule has 0 spiro atoms. The molecule has 1 fully saturated rings. The number of carboxylic acids is 1. The van der Waals surface area contributed by atoms with Crippen molar-refractivity contribution >= 4 is 23.6 Å². The predicted octanol–water partition coefficient (Wildman–Crippen LogP) is 0.0584. The number of nitrogens with zero attached hydrogens (tertiary/aromatic N) is 1. The first-order chi connectivity index (χ1) is 12.5. The number of nitrogens with two attached hydrogens (primary N) is 1. The number of methoxy groups -OCH3 is 1. The summed E-state index contributed by atoms with van der Waals surface area (Å²) in [6, 6.07) is -2.01. The van der Waals surface area contributed by atoms with Crippen molar-refractivity contribution in [1.82, 2.24) is 10.2 Å². The van der Waals surface area contributed by atoms with E-state index in [2.05, 4.69) is 5.32 Å². The minimum absolute atomic E-state index is 0.0539. The number of esters is 1. The van der Waals surface area contributed by atoms with Crippen LogP contribution in [0.5, 0.6) is 0 Å². The highest BCUT2D eigenvalue weighted by Gasteiger charge is 2.38. The topological polar surface area (TPSA) is 139 Å². The molecule has 9 nitrogen and oxygen atoms in total. The molecule has 1 saturated heterocycles. The Morgan fingerprint density at radius 3 is 2.48 bits per heavy atom. The lowest BCUT2D eigenvalue weighted by Gasteiger charge is -2.32. The number of likely N-dealkylation sites (tertiary alicyclic amines) is 1. The summed E-state index contributed by atoms with van der Waals surface area (Å²) in [5.74, 6) is -1.95. The van der Waals surface area contributed by atoms with E-state index >= 15 is 0 Å². The summed E-state index contributed by atoms with van der Waals surface area (Å²) < 4.78 is 4.72. The van der Waals surface area contributed by atoms with Crippen LogP contribution in [-0.4, -0.2) is 71.0 Å². The molecule has 1 aliphatic heterocycles. The van der Waals surface area contributed by atoms with Gasteiger partial charge in [-0.1, -0.05) is 0 Å². The molecule has 1 aliphatic rings. The van der Waals surface area contributed by atoms with Crippen LogP contribution in [0.2, 0.25) is 0 Å². The van der Waals surface area contributed by atoms with Crippen LogP contribution in [0.4, 0.5) is 0 Å². The van der Waals surface area contributed by atoms with Gasteiger partial charge in [0, 0.05) is 24.9 Å². The van der Waals surface area contributed by atoms with E-state index in [1.165, 1.54) is 12.0 Å². The highest BCUT2D eigenvalue weighted by molar-refractivity contribution is 5.91. The van der Waals surface area contributed by atoms with E-state index in [0.717, 1.165) is 6.42 Å². The summed E-state index contributed by atoms with van der Waals surface area (Å²) in [7, 11) is 1.23. The van der Waals surface area contributed by atoms with Gasteiger partial charge in [0.2, 0.25) is 5.91 Å². The number of carboxylic acid groups (broad SMARTS) is 1. The number of amides is 1. The molecular weight excluding hydrogens is 354 g/mol. The third-order valence-corrected chi connectivity index (χ3v) is 4.61. The quantitative estimate of drug-likeness (QED) is 0.449. The fourth-order valence-corrected chi connectivity index (χ4v) is 3.36. The molecule has 0 radical (unpaired) electrons. The standard InChI is InChI=1S/C18H31N3O6/c1-11(19)16(25)21-9-5-6-13(21)14(22)10-18(2,3)20-12(17(26)27-4)7-8-15(23)24/h11-13,20H,5-10,19H2,1-4H3,(H,23,24)/t11-,12-,13-/m0/s1. The number of aliphatic carboxylic acids is 1. The zero-order chi connectivity index (χ0) is 20.8. The minimum Gasteiger partial charge on any atom is -0.481 e. The van der Waals surface area contributed by atoms with Gasteiger partial charge in [0.05, 0.1) is 19.2 Å². The number of carbonyl (C=O) groups is 4. The van der Waals surface area contributed by atoms with Gasteiger partial charge in [0.15, 0.2) is 5.78 Å². The lowest BCUT2D eigenvalue weighted by molar-refractivity contribution is -0.145. The number of ketones is 1. The lowest BCUT2D eigenvalue weighted by atomic mass is 9.91. The Balaban J connectivity index is 2.78. The second kappa shape index (κ2) is 9.80. The molecule has 0 aromatic heterocycles. The summed E-state index contributed by atoms with van der Waals surface area (Å²) in [6.07, 6.45) is 1.27. The van der Waals surface area contributed by atoms with Crippen molar-refractivity contribution in [1.29, 1.82) is 0 Å². The number of ether oxygens (including phenoxy) is 1. The van der Waals surface area contributed by atoms with Crippen molar-refractivity contribution < 1.29 is 29.0 Å². The Morgan fingerprint density at radius 2 is 1.96 bits per heavy atom. The van der Waals surface area contributed by atoms with Crippen LogP contribution >= 0.6 is 0 Å². The first kappa shape index (κ1) is 23.0. The van der Waals surface area contributed by atoms with Crippen molar-refractivity contribution in [2.75, 3.05) is 13.7 Å². The van der Waals surface area contributed by atoms with Gasteiger partial charge in [-0.3, -0.25) is 24.5 Å². The summed E-state index contributed by atoms with van der Waals surface area (Å²) in [6.45, 7) is 5.62. The van der Waals surface area contributed by atoms with Crippen LogP contribution in [-0.2, 0) is 23.9 Å². The van der Waals surface area contributed by atoms with Crippen molar-refractivity contribution in [3.8, 4) is 0 Å². The average molecular weight is 385 g/mol. The van der Waals surface area contributed by atoms with Gasteiger partial charge in [0.1, 0.15) is 6.04 Å². The number of nitrogens with one attached hydrogen (secondary N) is 1. The normalized spacial score (nSPS) is 19.4. The van der Waals surface area contributed by atoms with E-state index in [-0.39, 0.29) is 31.0 Å². The molecule has 0 aromatic carbocycles. The summed E-state index contributed by atoms with van der Waals surface area (Å²) in [4.78, 5) is 49.3. The fourth-order valence-electron chi connectivity index (χ4n) is 3.36. The van der Waals surface area contributed by atoms with Crippen LogP contribution in [0, 0.1) is 0 Å². The van der Waals surface area contributed by atoms with Crippen LogP contribution < -0.4 is 11.1 Å². The smallest absolute Gasteiger partial charge is 0.322 e. The maximum Gasteiger partial charge on any atom is 0.322 e. The molecule has 0 saturated carbocycles. The van der Waals surface area contributed by atoms with Gasteiger partial charge in [0.25, 0.3) is 0 Å². The van der Waals surface area contributed by atoms with Gasteiger partial charge in [-0.2, -0.15) is 0 Å². The fraction of sp³-hybridized carbons (Fsp3) is 0.778. The van der Waals surface area contributed by atoms with Gasteiger partial charge in [-0.15, -0.1) is 0 Å². The molecule has 0 bridgehead atoms. The molecule has 27 heavy (non-hydrogen) atoms. The van der Waals surface area contributed by atoms with Gasteiger partial charge >= 0.3 is 11.9 Å². The van der Waals surface area contributed by atoms with E-state index in [4.69, 9.17) is 15.6 Å². The number of hydrogen-bond donors (Lipinski definition) is 3. The predicted molar refractivity (Wildman–Crippen MR) is 97.9 cm³/mol. The van der Waals surface area contributed by atoms with Crippen molar-refractivity contribution in [2.24, 2.45) is 5.73 Å². The zero-order valence-electron chi connectivity index (χ0n) is 16.5.